The van der Waals surface area contributed by atoms with E-state index in [9.17, 15) is 9.59 Å². The van der Waals surface area contributed by atoms with Gasteiger partial charge in [0.1, 0.15) is 0 Å². The van der Waals surface area contributed by atoms with Crippen LogP contribution < -0.4 is 5.32 Å². The molecular weight excluding hydrogens is 286 g/mol. The lowest BCUT2D eigenvalue weighted by Crippen LogP contribution is -2.38. The van der Waals surface area contributed by atoms with Crippen molar-refractivity contribution in [3.05, 3.63) is 0 Å². The summed E-state index contributed by atoms with van der Waals surface area (Å²) in [6, 6.07) is 0.0749. The number of carbonyl (C=O) groups is 2. The van der Waals surface area contributed by atoms with Gasteiger partial charge >= 0.3 is 0 Å². The van der Waals surface area contributed by atoms with Crippen LogP contribution in [-0.2, 0) is 9.59 Å². The van der Waals surface area contributed by atoms with Crippen LogP contribution in [0.1, 0.15) is 25.3 Å². The Hall–Kier alpha value is -1.09. The van der Waals surface area contributed by atoms with Crippen LogP contribution in [-0.4, -0.2) is 48.8 Å². The summed E-state index contributed by atoms with van der Waals surface area (Å²) in [5.41, 5.74) is 0. The molecule has 1 aliphatic heterocycles. The third-order valence-electron chi connectivity index (χ3n) is 2.96. The van der Waals surface area contributed by atoms with Crippen LogP contribution in [0.3, 0.4) is 0 Å². The van der Waals surface area contributed by atoms with Gasteiger partial charge in [0, 0.05) is 5.75 Å². The van der Waals surface area contributed by atoms with Crippen LogP contribution in [0.5, 0.6) is 0 Å². The van der Waals surface area contributed by atoms with E-state index in [0.29, 0.717) is 11.2 Å². The molecule has 1 aliphatic carbocycles. The van der Waals surface area contributed by atoms with E-state index in [1.165, 1.54) is 23.5 Å². The van der Waals surface area contributed by atoms with Gasteiger partial charge in [-0.05, 0) is 29.7 Å². The summed E-state index contributed by atoms with van der Waals surface area (Å²) >= 11 is 2.59. The first kappa shape index (κ1) is 12.9. The van der Waals surface area contributed by atoms with Crippen LogP contribution in [0.4, 0.5) is 0 Å². The summed E-state index contributed by atoms with van der Waals surface area (Å²) in [4.78, 5) is 23.2. The highest BCUT2D eigenvalue weighted by Gasteiger charge is 2.29. The Morgan fingerprint density at radius 3 is 3.00 bits per heavy atom. The standard InChI is InChI=1S/C10H13N5O2S2/c16-8(11-7-3-4-18-9(7)17)5-19-10-12-13-14-15(10)6-1-2-6/h6-7H,1-5H2,(H,11,16)/t7-/m1/s1. The molecule has 9 heteroatoms. The molecule has 2 heterocycles. The zero-order valence-electron chi connectivity index (χ0n) is 10.1. The topological polar surface area (TPSA) is 89.8 Å². The molecule has 0 radical (unpaired) electrons. The minimum atomic E-state index is -0.322. The van der Waals surface area contributed by atoms with Crippen molar-refractivity contribution in [1.82, 2.24) is 25.5 Å². The van der Waals surface area contributed by atoms with Crippen molar-refractivity contribution in [1.29, 1.82) is 0 Å². The predicted octanol–water partition coefficient (Wildman–Crippen LogP) is 0.248. The third-order valence-corrected chi connectivity index (χ3v) is 4.90. The fourth-order valence-corrected chi connectivity index (χ4v) is 3.51. The molecule has 102 valence electrons. The van der Waals surface area contributed by atoms with Crippen molar-refractivity contribution in [2.75, 3.05) is 11.5 Å². The predicted molar refractivity (Wildman–Crippen MR) is 70.8 cm³/mol. The number of aromatic nitrogens is 4. The molecule has 2 aliphatic rings. The van der Waals surface area contributed by atoms with Gasteiger partial charge in [-0.3, -0.25) is 9.59 Å². The number of rotatable bonds is 5. The molecule has 1 N–H and O–H groups in total. The molecule has 19 heavy (non-hydrogen) atoms. The fourth-order valence-electron chi connectivity index (χ4n) is 1.82. The number of hydrogen-bond acceptors (Lipinski definition) is 7. The second kappa shape index (κ2) is 5.49. The molecule has 2 fully saturated rings. The number of nitrogens with zero attached hydrogens (tertiary/aromatic N) is 4. The Morgan fingerprint density at radius 1 is 1.47 bits per heavy atom. The van der Waals surface area contributed by atoms with E-state index >= 15 is 0 Å². The quantitative estimate of drug-likeness (QED) is 0.779. The normalized spacial score (nSPS) is 22.7. The van der Waals surface area contributed by atoms with Crippen molar-refractivity contribution in [3.63, 3.8) is 0 Å². The van der Waals surface area contributed by atoms with Crippen molar-refractivity contribution < 1.29 is 9.59 Å². The summed E-state index contributed by atoms with van der Waals surface area (Å²) < 4.78 is 1.77. The lowest BCUT2D eigenvalue weighted by Gasteiger charge is -2.09. The summed E-state index contributed by atoms with van der Waals surface area (Å²) in [5.74, 6) is 0.884. The van der Waals surface area contributed by atoms with Crippen LogP contribution in [0, 0.1) is 0 Å². The van der Waals surface area contributed by atoms with Crippen molar-refractivity contribution in [2.45, 2.75) is 36.5 Å². The van der Waals surface area contributed by atoms with Crippen LogP contribution in [0.2, 0.25) is 0 Å². The van der Waals surface area contributed by atoms with Crippen molar-refractivity contribution >= 4 is 34.5 Å². The molecule has 1 atom stereocenters. The van der Waals surface area contributed by atoms with Crippen molar-refractivity contribution in [2.24, 2.45) is 0 Å². The number of nitrogens with one attached hydrogen (secondary N) is 1. The summed E-state index contributed by atoms with van der Waals surface area (Å²) in [5, 5.41) is 14.9. The Morgan fingerprint density at radius 2 is 2.32 bits per heavy atom. The number of amides is 1. The third kappa shape index (κ3) is 3.08. The maximum atomic E-state index is 11.8. The molecule has 3 rings (SSSR count). The van der Waals surface area contributed by atoms with E-state index in [1.54, 1.807) is 4.68 Å². The largest absolute Gasteiger partial charge is 0.345 e. The second-order valence-corrected chi connectivity index (χ2v) is 6.54. The molecule has 0 spiro atoms. The first-order valence-electron chi connectivity index (χ1n) is 6.10. The minimum absolute atomic E-state index is 0.0566. The van der Waals surface area contributed by atoms with E-state index in [4.69, 9.17) is 0 Å². The molecule has 1 aromatic heterocycles. The zero-order valence-corrected chi connectivity index (χ0v) is 11.7. The fraction of sp³-hybridized carbons (Fsp3) is 0.700. The minimum Gasteiger partial charge on any atom is -0.345 e. The first-order valence-corrected chi connectivity index (χ1v) is 8.08. The highest BCUT2D eigenvalue weighted by atomic mass is 32.2. The van der Waals surface area contributed by atoms with Gasteiger partial charge in [0.05, 0.1) is 17.8 Å². The highest BCUT2D eigenvalue weighted by molar-refractivity contribution is 8.14. The van der Waals surface area contributed by atoms with E-state index in [2.05, 4.69) is 20.8 Å². The van der Waals surface area contributed by atoms with Gasteiger partial charge in [0.2, 0.25) is 16.2 Å². The summed E-state index contributed by atoms with van der Waals surface area (Å²) in [6.07, 6.45) is 2.91. The molecule has 1 saturated carbocycles. The summed E-state index contributed by atoms with van der Waals surface area (Å²) in [6.45, 7) is 0. The van der Waals surface area contributed by atoms with Gasteiger partial charge in [0.15, 0.2) is 0 Å². The van der Waals surface area contributed by atoms with Crippen LogP contribution in [0.15, 0.2) is 5.16 Å². The molecular formula is C10H13N5O2S2. The second-order valence-electron chi connectivity index (χ2n) is 4.50. The molecule has 1 amide bonds. The first-order chi connectivity index (χ1) is 9.24. The van der Waals surface area contributed by atoms with Crippen LogP contribution >= 0.6 is 23.5 Å². The lowest BCUT2D eigenvalue weighted by molar-refractivity contribution is -0.122. The van der Waals surface area contributed by atoms with Gasteiger partial charge in [0.25, 0.3) is 0 Å². The average Bonchev–Trinajstić information content (AvgIpc) is 3.00. The van der Waals surface area contributed by atoms with E-state index in [1.807, 2.05) is 0 Å². The Kier molecular flexibility index (Phi) is 3.74. The molecule has 0 unspecified atom stereocenters. The number of thioether (sulfide) groups is 2. The summed E-state index contributed by atoms with van der Waals surface area (Å²) in [7, 11) is 0. The maximum absolute atomic E-state index is 11.8. The Balaban J connectivity index is 1.50. The highest BCUT2D eigenvalue weighted by Crippen LogP contribution is 2.36. The van der Waals surface area contributed by atoms with E-state index in [0.717, 1.165) is 25.0 Å². The van der Waals surface area contributed by atoms with Gasteiger partial charge in [-0.15, -0.1) is 5.10 Å². The monoisotopic (exact) mass is 299 g/mol. The van der Waals surface area contributed by atoms with Gasteiger partial charge in [-0.25, -0.2) is 4.68 Å². The van der Waals surface area contributed by atoms with Crippen LogP contribution in [0.25, 0.3) is 0 Å². The smallest absolute Gasteiger partial charge is 0.231 e. The number of tetrazole rings is 1. The average molecular weight is 299 g/mol. The lowest BCUT2D eigenvalue weighted by atomic mass is 10.2. The van der Waals surface area contributed by atoms with Gasteiger partial charge in [-0.1, -0.05) is 23.5 Å². The van der Waals surface area contributed by atoms with Gasteiger partial charge < -0.3 is 5.32 Å². The molecule has 1 saturated heterocycles. The molecule has 0 bridgehead atoms. The van der Waals surface area contributed by atoms with E-state index in [-0.39, 0.29) is 22.8 Å². The maximum Gasteiger partial charge on any atom is 0.231 e. The Bertz CT molecular complexity index is 502. The molecule has 0 aromatic carbocycles. The molecule has 7 nitrogen and oxygen atoms in total. The zero-order chi connectivity index (χ0) is 13.2. The van der Waals surface area contributed by atoms with Gasteiger partial charge in [-0.2, -0.15) is 0 Å². The molecule has 1 aromatic rings. The van der Waals surface area contributed by atoms with Crippen molar-refractivity contribution in [3.8, 4) is 0 Å². The number of hydrogen-bond donors (Lipinski definition) is 1. The number of carbonyl (C=O) groups excluding carboxylic acids is 2. The van der Waals surface area contributed by atoms with E-state index < -0.39 is 0 Å². The Labute approximate surface area is 118 Å². The SMILES string of the molecule is O=C(CSc1nnnn1C1CC1)N[C@@H]1CCSC1=O.